The standard InChI is InChI=1S/C15H27N3O/c1-5-9-16-13(4)14-8-7-10-18(14)11-15(19)17-12(3)6-2/h7-8,10,12-13,16H,5-6,9,11H2,1-4H3,(H,17,19). The average Bonchev–Trinajstić information content (AvgIpc) is 2.83. The number of carbonyl (C=O) groups excluding carboxylic acids is 1. The molecule has 1 aromatic rings. The number of nitrogens with zero attached hydrogens (tertiary/aromatic N) is 1. The molecule has 1 heterocycles. The number of hydrogen-bond acceptors (Lipinski definition) is 2. The fraction of sp³-hybridized carbons (Fsp3) is 0.667. The number of carbonyl (C=O) groups is 1. The van der Waals surface area contributed by atoms with Crippen LogP contribution in [0.15, 0.2) is 18.3 Å². The second-order valence-corrected chi connectivity index (χ2v) is 5.11. The molecular weight excluding hydrogens is 238 g/mol. The number of hydrogen-bond donors (Lipinski definition) is 2. The third-order valence-electron chi connectivity index (χ3n) is 3.34. The highest BCUT2D eigenvalue weighted by Gasteiger charge is 2.12. The molecule has 0 aliphatic rings. The monoisotopic (exact) mass is 265 g/mol. The lowest BCUT2D eigenvalue weighted by molar-refractivity contribution is -0.122. The summed E-state index contributed by atoms with van der Waals surface area (Å²) in [5.41, 5.74) is 1.16. The minimum atomic E-state index is 0.0782. The first kappa shape index (κ1) is 15.8. The van der Waals surface area contributed by atoms with Crippen LogP contribution >= 0.6 is 0 Å². The van der Waals surface area contributed by atoms with E-state index in [9.17, 15) is 4.79 Å². The molecule has 0 aliphatic heterocycles. The SMILES string of the molecule is CCCNC(C)c1cccn1CC(=O)NC(C)CC. The Bertz CT molecular complexity index is 386. The van der Waals surface area contributed by atoms with Crippen molar-refractivity contribution in [3.63, 3.8) is 0 Å². The lowest BCUT2D eigenvalue weighted by Gasteiger charge is -2.18. The molecule has 2 unspecified atom stereocenters. The van der Waals surface area contributed by atoms with Gasteiger partial charge < -0.3 is 15.2 Å². The van der Waals surface area contributed by atoms with Gasteiger partial charge in [0.05, 0.1) is 0 Å². The van der Waals surface area contributed by atoms with Crippen molar-refractivity contribution in [1.82, 2.24) is 15.2 Å². The van der Waals surface area contributed by atoms with Crippen molar-refractivity contribution in [2.45, 2.75) is 59.2 Å². The van der Waals surface area contributed by atoms with Crippen molar-refractivity contribution >= 4 is 5.91 Å². The molecule has 0 saturated heterocycles. The Morgan fingerprint density at radius 1 is 1.37 bits per heavy atom. The summed E-state index contributed by atoms with van der Waals surface area (Å²) in [4.78, 5) is 11.9. The molecule has 19 heavy (non-hydrogen) atoms. The van der Waals surface area contributed by atoms with Crippen LogP contribution in [0.1, 0.15) is 52.3 Å². The van der Waals surface area contributed by atoms with E-state index in [1.54, 1.807) is 0 Å². The summed E-state index contributed by atoms with van der Waals surface area (Å²) in [6.07, 6.45) is 4.04. The van der Waals surface area contributed by atoms with Gasteiger partial charge in [0.25, 0.3) is 0 Å². The van der Waals surface area contributed by atoms with Crippen LogP contribution in [-0.2, 0) is 11.3 Å². The van der Waals surface area contributed by atoms with Crippen LogP contribution in [-0.4, -0.2) is 23.1 Å². The Morgan fingerprint density at radius 2 is 2.11 bits per heavy atom. The van der Waals surface area contributed by atoms with Crippen molar-refractivity contribution in [1.29, 1.82) is 0 Å². The lowest BCUT2D eigenvalue weighted by atomic mass is 10.2. The average molecular weight is 265 g/mol. The van der Waals surface area contributed by atoms with E-state index < -0.39 is 0 Å². The Hall–Kier alpha value is -1.29. The zero-order chi connectivity index (χ0) is 14.3. The summed E-state index contributed by atoms with van der Waals surface area (Å²) < 4.78 is 2.02. The molecule has 2 atom stereocenters. The molecule has 4 heteroatoms. The summed E-state index contributed by atoms with van der Waals surface area (Å²) in [6.45, 7) is 9.77. The maximum absolute atomic E-state index is 11.9. The van der Waals surface area contributed by atoms with Crippen LogP contribution < -0.4 is 10.6 Å². The molecule has 1 aromatic heterocycles. The third kappa shape index (κ3) is 5.07. The Morgan fingerprint density at radius 3 is 2.74 bits per heavy atom. The second kappa shape index (κ2) is 8.00. The molecule has 0 radical (unpaired) electrons. The van der Waals surface area contributed by atoms with Crippen LogP contribution in [0, 0.1) is 0 Å². The van der Waals surface area contributed by atoms with Gasteiger partial charge in [-0.1, -0.05) is 13.8 Å². The number of amides is 1. The van der Waals surface area contributed by atoms with Gasteiger partial charge in [0.2, 0.25) is 5.91 Å². The molecule has 0 saturated carbocycles. The van der Waals surface area contributed by atoms with Gasteiger partial charge in [0.1, 0.15) is 6.54 Å². The van der Waals surface area contributed by atoms with Gasteiger partial charge in [-0.3, -0.25) is 4.79 Å². The van der Waals surface area contributed by atoms with Crippen molar-refractivity contribution in [3.8, 4) is 0 Å². The van der Waals surface area contributed by atoms with Crippen LogP contribution in [0.3, 0.4) is 0 Å². The van der Waals surface area contributed by atoms with E-state index >= 15 is 0 Å². The minimum Gasteiger partial charge on any atom is -0.352 e. The first-order valence-electron chi connectivity index (χ1n) is 7.26. The van der Waals surface area contributed by atoms with E-state index in [0.717, 1.165) is 25.1 Å². The van der Waals surface area contributed by atoms with Gasteiger partial charge in [-0.05, 0) is 45.4 Å². The van der Waals surface area contributed by atoms with E-state index in [0.29, 0.717) is 6.54 Å². The molecule has 0 spiro atoms. The van der Waals surface area contributed by atoms with Crippen molar-refractivity contribution in [3.05, 3.63) is 24.0 Å². The fourth-order valence-electron chi connectivity index (χ4n) is 2.01. The predicted molar refractivity (Wildman–Crippen MR) is 79.0 cm³/mol. The van der Waals surface area contributed by atoms with Crippen molar-refractivity contribution in [2.24, 2.45) is 0 Å². The topological polar surface area (TPSA) is 46.1 Å². The lowest BCUT2D eigenvalue weighted by Crippen LogP contribution is -2.35. The Kier molecular flexibility index (Phi) is 6.64. The zero-order valence-electron chi connectivity index (χ0n) is 12.6. The highest BCUT2D eigenvalue weighted by molar-refractivity contribution is 5.76. The van der Waals surface area contributed by atoms with E-state index in [-0.39, 0.29) is 18.0 Å². The highest BCUT2D eigenvalue weighted by Crippen LogP contribution is 2.13. The van der Waals surface area contributed by atoms with E-state index in [2.05, 4.69) is 37.5 Å². The predicted octanol–water partition coefficient (Wildman–Crippen LogP) is 2.46. The summed E-state index contributed by atoms with van der Waals surface area (Å²) in [5.74, 6) is 0.0782. The maximum Gasteiger partial charge on any atom is 0.240 e. The van der Waals surface area contributed by atoms with Crippen LogP contribution in [0.25, 0.3) is 0 Å². The van der Waals surface area contributed by atoms with Crippen molar-refractivity contribution in [2.75, 3.05) is 6.54 Å². The van der Waals surface area contributed by atoms with Gasteiger partial charge in [-0.25, -0.2) is 0 Å². The van der Waals surface area contributed by atoms with Gasteiger partial charge in [-0.2, -0.15) is 0 Å². The normalized spacial score (nSPS) is 14.1. The highest BCUT2D eigenvalue weighted by atomic mass is 16.2. The fourth-order valence-corrected chi connectivity index (χ4v) is 2.01. The minimum absolute atomic E-state index is 0.0782. The summed E-state index contributed by atoms with van der Waals surface area (Å²) >= 11 is 0. The number of rotatable bonds is 8. The van der Waals surface area contributed by atoms with Gasteiger partial charge in [-0.15, -0.1) is 0 Å². The van der Waals surface area contributed by atoms with Crippen LogP contribution in [0.4, 0.5) is 0 Å². The van der Waals surface area contributed by atoms with Gasteiger partial charge in [0, 0.05) is 24.0 Å². The smallest absolute Gasteiger partial charge is 0.240 e. The second-order valence-electron chi connectivity index (χ2n) is 5.11. The summed E-state index contributed by atoms with van der Waals surface area (Å²) in [6, 6.07) is 4.58. The summed E-state index contributed by atoms with van der Waals surface area (Å²) in [7, 11) is 0. The zero-order valence-corrected chi connectivity index (χ0v) is 12.6. The molecule has 108 valence electrons. The quantitative estimate of drug-likeness (QED) is 0.758. The molecule has 2 N–H and O–H groups in total. The molecule has 0 aliphatic carbocycles. The van der Waals surface area contributed by atoms with Gasteiger partial charge >= 0.3 is 0 Å². The molecule has 1 amide bonds. The Balaban J connectivity index is 2.59. The van der Waals surface area contributed by atoms with Crippen LogP contribution in [0.2, 0.25) is 0 Å². The van der Waals surface area contributed by atoms with Crippen LogP contribution in [0.5, 0.6) is 0 Å². The first-order valence-corrected chi connectivity index (χ1v) is 7.26. The molecule has 1 rings (SSSR count). The van der Waals surface area contributed by atoms with Crippen molar-refractivity contribution < 1.29 is 4.79 Å². The molecular formula is C15H27N3O. The molecule has 4 nitrogen and oxygen atoms in total. The Labute approximate surface area is 116 Å². The van der Waals surface area contributed by atoms with E-state index in [1.807, 2.05) is 23.8 Å². The summed E-state index contributed by atoms with van der Waals surface area (Å²) in [5, 5.41) is 6.44. The number of nitrogens with one attached hydrogen (secondary N) is 2. The maximum atomic E-state index is 11.9. The number of aromatic nitrogens is 1. The molecule has 0 aromatic carbocycles. The van der Waals surface area contributed by atoms with Gasteiger partial charge in [0.15, 0.2) is 0 Å². The molecule has 0 bridgehead atoms. The van der Waals surface area contributed by atoms with E-state index in [4.69, 9.17) is 0 Å². The first-order chi connectivity index (χ1) is 9.08. The third-order valence-corrected chi connectivity index (χ3v) is 3.34. The molecule has 0 fully saturated rings. The largest absolute Gasteiger partial charge is 0.352 e. The van der Waals surface area contributed by atoms with E-state index in [1.165, 1.54) is 0 Å².